The Morgan fingerprint density at radius 2 is 0.983 bits per heavy atom. The largest absolute Gasteiger partial charge is 0.472 e. The molecule has 3 unspecified atom stereocenters. The van der Waals surface area contributed by atoms with E-state index < -0.39 is 20.0 Å². The number of unbranched alkanes of at least 4 members (excludes halogenated alkanes) is 27. The summed E-state index contributed by atoms with van der Waals surface area (Å²) < 4.78 is 23.5. The smallest absolute Gasteiger partial charge is 0.387 e. The van der Waals surface area contributed by atoms with Gasteiger partial charge in [0.1, 0.15) is 13.2 Å². The van der Waals surface area contributed by atoms with Crippen molar-refractivity contribution in [1.82, 2.24) is 5.32 Å². The normalized spacial score (nSPS) is 14.6. The fourth-order valence-corrected chi connectivity index (χ4v) is 7.87. The quantitative estimate of drug-likeness (QED) is 0.0244. The molecule has 0 saturated heterocycles. The van der Waals surface area contributed by atoms with Gasteiger partial charge < -0.3 is 19.8 Å². The van der Waals surface area contributed by atoms with Gasteiger partial charge in [-0.1, -0.05) is 197 Å². The summed E-state index contributed by atoms with van der Waals surface area (Å²) in [5.74, 6) is -0.193. The van der Waals surface area contributed by atoms with Crippen molar-refractivity contribution in [3.05, 3.63) is 48.6 Å². The third-order valence-corrected chi connectivity index (χ3v) is 12.1. The first-order valence-corrected chi connectivity index (χ1v) is 26.5. The zero-order chi connectivity index (χ0) is 44.3. The van der Waals surface area contributed by atoms with E-state index in [-0.39, 0.29) is 19.1 Å². The highest BCUT2D eigenvalue weighted by Gasteiger charge is 2.27. The average molecular weight is 866 g/mol. The van der Waals surface area contributed by atoms with Crippen molar-refractivity contribution < 1.29 is 32.9 Å². The Morgan fingerprint density at radius 1 is 0.583 bits per heavy atom. The highest BCUT2D eigenvalue weighted by Crippen LogP contribution is 2.43. The molecule has 0 radical (unpaired) electrons. The number of nitrogens with zero attached hydrogens (tertiary/aromatic N) is 1. The minimum Gasteiger partial charge on any atom is -0.387 e. The van der Waals surface area contributed by atoms with Gasteiger partial charge in [-0.3, -0.25) is 13.8 Å². The van der Waals surface area contributed by atoms with Crippen LogP contribution in [-0.2, 0) is 18.4 Å². The number of nitrogens with one attached hydrogen (secondary N) is 1. The molecule has 0 aliphatic carbocycles. The number of hydrogen-bond donors (Lipinski definition) is 3. The fourth-order valence-electron chi connectivity index (χ4n) is 7.13. The van der Waals surface area contributed by atoms with Crippen LogP contribution in [0.2, 0.25) is 0 Å². The van der Waals surface area contributed by atoms with E-state index in [1.54, 1.807) is 6.08 Å². The molecule has 0 aliphatic rings. The van der Waals surface area contributed by atoms with Crippen LogP contribution in [0.1, 0.15) is 219 Å². The summed E-state index contributed by atoms with van der Waals surface area (Å²) in [7, 11) is 1.54. The maximum absolute atomic E-state index is 12.9. The Kier molecular flexibility index (Phi) is 41.6. The lowest BCUT2D eigenvalue weighted by Gasteiger charge is -2.25. The summed E-state index contributed by atoms with van der Waals surface area (Å²) in [6.45, 7) is 4.55. The van der Waals surface area contributed by atoms with E-state index in [4.69, 9.17) is 9.05 Å². The number of phosphoric acid groups is 1. The number of amides is 1. The van der Waals surface area contributed by atoms with Gasteiger partial charge >= 0.3 is 7.82 Å². The first-order valence-electron chi connectivity index (χ1n) is 25.0. The molecule has 8 nitrogen and oxygen atoms in total. The van der Waals surface area contributed by atoms with E-state index >= 15 is 0 Å². The van der Waals surface area contributed by atoms with Crippen LogP contribution >= 0.6 is 7.82 Å². The molecule has 0 aromatic heterocycles. The molecule has 60 heavy (non-hydrogen) atoms. The minimum absolute atomic E-state index is 0.0530. The number of carbonyl (C=O) groups excluding carboxylic acids is 1. The maximum atomic E-state index is 12.9. The van der Waals surface area contributed by atoms with E-state index in [0.29, 0.717) is 17.4 Å². The van der Waals surface area contributed by atoms with Gasteiger partial charge in [0, 0.05) is 6.42 Å². The molecule has 9 heteroatoms. The second-order valence-electron chi connectivity index (χ2n) is 18.2. The predicted octanol–water partition coefficient (Wildman–Crippen LogP) is 14.4. The van der Waals surface area contributed by atoms with Crippen LogP contribution in [0.3, 0.4) is 0 Å². The van der Waals surface area contributed by atoms with Crippen LogP contribution in [0, 0.1) is 0 Å². The number of aliphatic hydroxyl groups is 1. The first kappa shape index (κ1) is 58.5. The molecular formula is C51H98N2O6P+. The fraction of sp³-hybridized carbons (Fsp3) is 0.824. The van der Waals surface area contributed by atoms with Crippen molar-refractivity contribution in [2.75, 3.05) is 40.9 Å². The molecule has 0 saturated carbocycles. The number of hydrogen-bond acceptors (Lipinski definition) is 5. The number of rotatable bonds is 45. The van der Waals surface area contributed by atoms with Crippen LogP contribution in [0.4, 0.5) is 0 Å². The Balaban J connectivity index is 4.02. The van der Waals surface area contributed by atoms with Crippen LogP contribution in [0.5, 0.6) is 0 Å². The summed E-state index contributed by atoms with van der Waals surface area (Å²) in [4.78, 5) is 23.1. The third-order valence-electron chi connectivity index (χ3n) is 11.1. The van der Waals surface area contributed by atoms with Crippen LogP contribution < -0.4 is 5.32 Å². The van der Waals surface area contributed by atoms with Crippen molar-refractivity contribution in [3.8, 4) is 0 Å². The first-order chi connectivity index (χ1) is 29.0. The number of likely N-dealkylation sites (N-methyl/N-ethyl adjacent to an activating group) is 1. The molecule has 0 bridgehead atoms. The number of phosphoric ester groups is 1. The molecule has 352 valence electrons. The predicted molar refractivity (Wildman–Crippen MR) is 258 cm³/mol. The summed E-state index contributed by atoms with van der Waals surface area (Å²) in [6.07, 6.45) is 55.3. The summed E-state index contributed by atoms with van der Waals surface area (Å²) in [5, 5.41) is 13.7. The van der Waals surface area contributed by atoms with Crippen molar-refractivity contribution in [2.24, 2.45) is 0 Å². The monoisotopic (exact) mass is 866 g/mol. The number of allylic oxidation sites excluding steroid dienone is 7. The number of aliphatic hydroxyl groups excluding tert-OH is 1. The molecule has 0 aliphatic heterocycles. The van der Waals surface area contributed by atoms with Crippen LogP contribution in [-0.4, -0.2) is 73.4 Å². The Hall–Kier alpha value is -1.54. The molecule has 3 atom stereocenters. The molecule has 0 aromatic rings. The summed E-state index contributed by atoms with van der Waals surface area (Å²) >= 11 is 0. The highest BCUT2D eigenvalue weighted by molar-refractivity contribution is 7.47. The zero-order valence-corrected chi connectivity index (χ0v) is 40.8. The minimum atomic E-state index is -4.34. The van der Waals surface area contributed by atoms with Gasteiger partial charge in [0.2, 0.25) is 5.91 Å². The lowest BCUT2D eigenvalue weighted by atomic mass is 10.0. The molecular weight excluding hydrogens is 768 g/mol. The molecule has 3 N–H and O–H groups in total. The van der Waals surface area contributed by atoms with Gasteiger partial charge in [0.25, 0.3) is 0 Å². The Labute approximate surface area is 371 Å². The lowest BCUT2D eigenvalue weighted by molar-refractivity contribution is -0.870. The standard InChI is InChI=1S/C51H97N2O6P/c1-6-8-10-12-14-16-17-18-19-20-21-22-23-24-25-26-27-28-29-30-31-32-33-34-35-37-39-41-43-45-51(55)52-49(48-59-60(56,57)58-47-46-53(3,4)5)50(54)44-42-40-38-36-15-13-11-9-7-2/h7,9,15,20-21,36,42,44,49-50,54H,6,8,10-14,16-19,22-35,37-41,43,45-48H2,1-5H3,(H-,52,55,56,57)/p+1/b9-7+,21-20-,36-15+,44-42+. The molecule has 0 spiro atoms. The van der Waals surface area contributed by atoms with Gasteiger partial charge in [-0.05, 0) is 64.7 Å². The second-order valence-corrected chi connectivity index (χ2v) is 19.6. The molecule has 0 aromatic carbocycles. The van der Waals surface area contributed by atoms with Crippen molar-refractivity contribution in [3.63, 3.8) is 0 Å². The van der Waals surface area contributed by atoms with Crippen LogP contribution in [0.25, 0.3) is 0 Å². The number of carbonyl (C=O) groups is 1. The lowest BCUT2D eigenvalue weighted by Crippen LogP contribution is -2.45. The Bertz CT molecular complexity index is 1120. The van der Waals surface area contributed by atoms with Gasteiger partial charge in [-0.15, -0.1) is 0 Å². The van der Waals surface area contributed by atoms with E-state index in [2.05, 4.69) is 48.7 Å². The molecule has 1 amide bonds. The summed E-state index contributed by atoms with van der Waals surface area (Å²) in [5.41, 5.74) is 0. The maximum Gasteiger partial charge on any atom is 0.472 e. The van der Waals surface area contributed by atoms with Crippen LogP contribution in [0.15, 0.2) is 48.6 Å². The molecule has 0 fully saturated rings. The number of quaternary nitrogens is 1. The highest BCUT2D eigenvalue weighted by atomic mass is 31.2. The second kappa shape index (κ2) is 42.7. The Morgan fingerprint density at radius 3 is 1.43 bits per heavy atom. The van der Waals surface area contributed by atoms with Crippen molar-refractivity contribution in [2.45, 2.75) is 231 Å². The van der Waals surface area contributed by atoms with E-state index in [0.717, 1.165) is 44.9 Å². The van der Waals surface area contributed by atoms with Gasteiger partial charge in [0.05, 0.1) is 39.9 Å². The van der Waals surface area contributed by atoms with E-state index in [9.17, 15) is 19.4 Å². The van der Waals surface area contributed by atoms with Gasteiger partial charge in [-0.25, -0.2) is 4.57 Å². The van der Waals surface area contributed by atoms with E-state index in [1.165, 1.54) is 154 Å². The van der Waals surface area contributed by atoms with Crippen molar-refractivity contribution in [1.29, 1.82) is 0 Å². The average Bonchev–Trinajstić information content (AvgIpc) is 3.20. The SMILES string of the molecule is C/C=C/CC/C=C/CC/C=C/C(O)C(COP(=O)(O)OCC[N+](C)(C)C)NC(=O)CCCCCCCCCCCCCCCCCCC/C=C\CCCCCCCCCC. The third kappa shape index (κ3) is 44.5. The van der Waals surface area contributed by atoms with E-state index in [1.807, 2.05) is 34.1 Å². The van der Waals surface area contributed by atoms with Gasteiger partial charge in [-0.2, -0.15) is 0 Å². The summed E-state index contributed by atoms with van der Waals surface area (Å²) in [6, 6.07) is -0.866. The molecule has 0 rings (SSSR count). The zero-order valence-electron chi connectivity index (χ0n) is 39.9. The molecule has 0 heterocycles. The van der Waals surface area contributed by atoms with Crippen molar-refractivity contribution >= 4 is 13.7 Å². The van der Waals surface area contributed by atoms with Gasteiger partial charge in [0.15, 0.2) is 0 Å². The topological polar surface area (TPSA) is 105 Å².